The Bertz CT molecular complexity index is 1030. The third kappa shape index (κ3) is 4.59. The van der Waals surface area contributed by atoms with Gasteiger partial charge in [-0.1, -0.05) is 30.0 Å². The van der Waals surface area contributed by atoms with Gasteiger partial charge in [0.15, 0.2) is 5.78 Å². The molecule has 1 aliphatic carbocycles. The molecule has 0 unspecified atom stereocenters. The van der Waals surface area contributed by atoms with Crippen LogP contribution in [0, 0.1) is 0 Å². The number of carbonyl (C=O) groups is 2. The molecule has 2 heterocycles. The van der Waals surface area contributed by atoms with Crippen molar-refractivity contribution in [3.63, 3.8) is 0 Å². The molecule has 2 aromatic heterocycles. The number of amides is 1. The van der Waals surface area contributed by atoms with Crippen LogP contribution in [0.2, 0.25) is 0 Å². The Hall–Kier alpha value is -2.25. The summed E-state index contributed by atoms with van der Waals surface area (Å²) in [5, 5.41) is 4.68. The second kappa shape index (κ2) is 8.41. The van der Waals surface area contributed by atoms with Crippen LogP contribution in [0.5, 0.6) is 0 Å². The van der Waals surface area contributed by atoms with E-state index in [2.05, 4.69) is 5.32 Å². The fourth-order valence-corrected chi connectivity index (χ4v) is 4.87. The summed E-state index contributed by atoms with van der Waals surface area (Å²) in [6, 6.07) is 11.8. The van der Waals surface area contributed by atoms with Gasteiger partial charge < -0.3 is 5.32 Å². The van der Waals surface area contributed by atoms with Crippen LogP contribution in [0.4, 0.5) is 0 Å². The molecule has 1 N–H and O–H groups in total. The lowest BCUT2D eigenvalue weighted by Crippen LogP contribution is -2.22. The van der Waals surface area contributed by atoms with Crippen LogP contribution in [-0.2, 0) is 11.2 Å². The van der Waals surface area contributed by atoms with Crippen molar-refractivity contribution in [3.8, 4) is 0 Å². The van der Waals surface area contributed by atoms with Crippen LogP contribution >= 0.6 is 23.1 Å². The number of nitrogens with one attached hydrogen (secondary N) is 1. The molecular formula is C21H21N3O2S2. The first-order chi connectivity index (χ1) is 13.6. The lowest BCUT2D eigenvalue weighted by atomic mass is 10.2. The Morgan fingerprint density at radius 2 is 2.00 bits per heavy atom. The number of para-hydroxylation sites is 1. The highest BCUT2D eigenvalue weighted by atomic mass is 32.2. The molecule has 0 aliphatic heterocycles. The maximum atomic E-state index is 12.7. The predicted molar refractivity (Wildman–Crippen MR) is 113 cm³/mol. The first-order valence-electron chi connectivity index (χ1n) is 9.36. The Morgan fingerprint density at radius 1 is 1.18 bits per heavy atom. The third-order valence-electron chi connectivity index (χ3n) is 4.55. The average Bonchev–Trinajstić information content (AvgIpc) is 3.44. The number of fused-ring (bicyclic) bond motifs is 1. The van der Waals surface area contributed by atoms with Gasteiger partial charge in [-0.05, 0) is 37.5 Å². The van der Waals surface area contributed by atoms with E-state index in [4.69, 9.17) is 9.97 Å². The molecule has 1 saturated carbocycles. The van der Waals surface area contributed by atoms with Gasteiger partial charge in [0.2, 0.25) is 5.91 Å². The highest BCUT2D eigenvalue weighted by Gasteiger charge is 2.27. The van der Waals surface area contributed by atoms with E-state index in [-0.39, 0.29) is 11.7 Å². The number of rotatable bonds is 8. The number of carbonyl (C=O) groups excluding carboxylic acids is 2. The predicted octanol–water partition coefficient (Wildman–Crippen LogP) is 4.22. The number of thiophene rings is 1. The van der Waals surface area contributed by atoms with Crippen LogP contribution in [0.25, 0.3) is 10.9 Å². The van der Waals surface area contributed by atoms with Crippen molar-refractivity contribution in [1.82, 2.24) is 15.3 Å². The average molecular weight is 412 g/mol. The van der Waals surface area contributed by atoms with E-state index in [0.29, 0.717) is 18.2 Å². The van der Waals surface area contributed by atoms with Gasteiger partial charge in [0.25, 0.3) is 0 Å². The minimum Gasteiger partial charge on any atom is -0.356 e. The molecule has 5 nitrogen and oxygen atoms in total. The van der Waals surface area contributed by atoms with Crippen molar-refractivity contribution in [1.29, 1.82) is 0 Å². The number of nitrogens with zero attached hydrogens (tertiary/aromatic N) is 2. The molecule has 0 bridgehead atoms. The molecule has 144 valence electrons. The fraction of sp³-hybridized carbons (Fsp3) is 0.333. The summed E-state index contributed by atoms with van der Waals surface area (Å²) < 4.78 is 0. The molecule has 1 amide bonds. The maximum absolute atomic E-state index is 12.7. The topological polar surface area (TPSA) is 72.0 Å². The van der Waals surface area contributed by atoms with Crippen molar-refractivity contribution in [2.75, 3.05) is 12.3 Å². The van der Waals surface area contributed by atoms with Gasteiger partial charge in [0, 0.05) is 29.6 Å². The molecule has 0 atom stereocenters. The summed E-state index contributed by atoms with van der Waals surface area (Å²) in [6.45, 7) is 2.10. The first-order valence-corrected chi connectivity index (χ1v) is 11.2. The molecule has 3 aromatic rings. The van der Waals surface area contributed by atoms with E-state index in [1.165, 1.54) is 30.0 Å². The quantitative estimate of drug-likeness (QED) is 0.341. The Kier molecular flexibility index (Phi) is 5.73. The van der Waals surface area contributed by atoms with Crippen molar-refractivity contribution >= 4 is 45.7 Å². The minimum atomic E-state index is -0.0353. The second-order valence-electron chi connectivity index (χ2n) is 6.89. The standard InChI is InChI=1S/C21H21N3O2S2/c1-13(25)22-11-10-15-8-9-19(28-15)18(26)12-27-21-16-4-2-3-5-17(16)23-20(24-21)14-6-7-14/h2-5,8-9,14H,6-7,10-12H2,1H3,(H,22,25). The van der Waals surface area contributed by atoms with Crippen LogP contribution in [0.1, 0.15) is 46.1 Å². The molecule has 7 heteroatoms. The number of benzene rings is 1. The summed E-state index contributed by atoms with van der Waals surface area (Å²) in [6.07, 6.45) is 3.04. The Labute approximate surface area is 172 Å². The molecule has 0 saturated heterocycles. The minimum absolute atomic E-state index is 0.0353. The Morgan fingerprint density at radius 3 is 2.79 bits per heavy atom. The summed E-state index contributed by atoms with van der Waals surface area (Å²) >= 11 is 2.99. The largest absolute Gasteiger partial charge is 0.356 e. The zero-order chi connectivity index (χ0) is 19.5. The first kappa shape index (κ1) is 19.1. The molecule has 1 fully saturated rings. The smallest absolute Gasteiger partial charge is 0.216 e. The number of aromatic nitrogens is 2. The monoisotopic (exact) mass is 411 g/mol. The van der Waals surface area contributed by atoms with Gasteiger partial charge in [-0.3, -0.25) is 9.59 Å². The van der Waals surface area contributed by atoms with Crippen LogP contribution in [0.15, 0.2) is 41.4 Å². The number of thioether (sulfide) groups is 1. The Balaban J connectivity index is 1.43. The van der Waals surface area contributed by atoms with Crippen molar-refractivity contribution in [2.24, 2.45) is 0 Å². The number of hydrogen-bond donors (Lipinski definition) is 1. The number of hydrogen-bond acceptors (Lipinski definition) is 6. The summed E-state index contributed by atoms with van der Waals surface area (Å²) in [5.41, 5.74) is 0.950. The maximum Gasteiger partial charge on any atom is 0.216 e. The van der Waals surface area contributed by atoms with E-state index in [1.54, 1.807) is 0 Å². The molecular weight excluding hydrogens is 390 g/mol. The lowest BCUT2D eigenvalue weighted by molar-refractivity contribution is -0.118. The van der Waals surface area contributed by atoms with E-state index in [9.17, 15) is 9.59 Å². The molecule has 0 radical (unpaired) electrons. The molecule has 1 aliphatic rings. The zero-order valence-corrected chi connectivity index (χ0v) is 17.2. The van der Waals surface area contributed by atoms with Gasteiger partial charge in [-0.25, -0.2) is 9.97 Å². The molecule has 1 aromatic carbocycles. The van der Waals surface area contributed by atoms with Crippen molar-refractivity contribution < 1.29 is 9.59 Å². The zero-order valence-electron chi connectivity index (χ0n) is 15.6. The second-order valence-corrected chi connectivity index (χ2v) is 9.02. The van der Waals surface area contributed by atoms with Gasteiger partial charge in [0.05, 0.1) is 16.1 Å². The van der Waals surface area contributed by atoms with E-state index >= 15 is 0 Å². The number of Topliss-reactive ketones (excluding diaryl/α,β-unsaturated/α-hetero) is 1. The van der Waals surface area contributed by atoms with Gasteiger partial charge in [-0.2, -0.15) is 0 Å². The van der Waals surface area contributed by atoms with Gasteiger partial charge >= 0.3 is 0 Å². The third-order valence-corrected chi connectivity index (χ3v) is 6.73. The van der Waals surface area contributed by atoms with Crippen LogP contribution in [-0.4, -0.2) is 34.0 Å². The van der Waals surface area contributed by atoms with Crippen LogP contribution in [0.3, 0.4) is 0 Å². The normalized spacial score (nSPS) is 13.6. The van der Waals surface area contributed by atoms with E-state index in [0.717, 1.165) is 50.8 Å². The molecule has 0 spiro atoms. The van der Waals surface area contributed by atoms with Gasteiger partial charge in [-0.15, -0.1) is 11.3 Å². The highest BCUT2D eigenvalue weighted by molar-refractivity contribution is 8.00. The van der Waals surface area contributed by atoms with Crippen molar-refractivity contribution in [2.45, 2.75) is 37.1 Å². The van der Waals surface area contributed by atoms with E-state index in [1.807, 2.05) is 36.4 Å². The summed E-state index contributed by atoms with van der Waals surface area (Å²) in [5.74, 6) is 1.81. The van der Waals surface area contributed by atoms with Crippen LogP contribution < -0.4 is 5.32 Å². The number of ketones is 1. The SMILES string of the molecule is CC(=O)NCCc1ccc(C(=O)CSc2nc(C3CC3)nc3ccccc23)s1. The highest BCUT2D eigenvalue weighted by Crippen LogP contribution is 2.39. The lowest BCUT2D eigenvalue weighted by Gasteiger charge is -2.07. The summed E-state index contributed by atoms with van der Waals surface area (Å²) in [7, 11) is 0. The molecule has 28 heavy (non-hydrogen) atoms. The van der Waals surface area contributed by atoms with E-state index < -0.39 is 0 Å². The molecule has 4 rings (SSSR count). The fourth-order valence-electron chi connectivity index (χ4n) is 2.93. The summed E-state index contributed by atoms with van der Waals surface area (Å²) in [4.78, 5) is 34.9. The van der Waals surface area contributed by atoms with Gasteiger partial charge in [0.1, 0.15) is 10.9 Å². The van der Waals surface area contributed by atoms with Crippen molar-refractivity contribution in [3.05, 3.63) is 52.0 Å².